The van der Waals surface area contributed by atoms with E-state index in [0.29, 0.717) is 25.7 Å². The Balaban J connectivity index is 2.07. The van der Waals surface area contributed by atoms with Gasteiger partial charge < -0.3 is 9.64 Å². The van der Waals surface area contributed by atoms with Crippen LogP contribution in [0.1, 0.15) is 18.1 Å². The topological polar surface area (TPSA) is 41.9 Å². The van der Waals surface area contributed by atoms with Crippen LogP contribution in [0.3, 0.4) is 0 Å². The average Bonchev–Trinajstić information content (AvgIpc) is 2.78. The minimum Gasteiger partial charge on any atom is -0.465 e. The fraction of sp³-hybridized carbons (Fsp3) is 0.200. The Morgan fingerprint density at radius 1 is 1.12 bits per heavy atom. The molecule has 4 nitrogen and oxygen atoms in total. The second-order valence-corrected chi connectivity index (χ2v) is 5.54. The number of hydrogen-bond acceptors (Lipinski definition) is 2. The number of amides is 1. The van der Waals surface area contributed by atoms with Gasteiger partial charge in [0.2, 0.25) is 0 Å². The molecule has 0 aliphatic carbocycles. The molecule has 4 heteroatoms. The Kier molecular flexibility index (Phi) is 4.75. The van der Waals surface area contributed by atoms with Crippen LogP contribution < -0.4 is 0 Å². The Bertz CT molecular complexity index is 748. The largest absolute Gasteiger partial charge is 0.465 e. The highest BCUT2D eigenvalue weighted by molar-refractivity contribution is 5.96. The van der Waals surface area contributed by atoms with Crippen molar-refractivity contribution in [1.82, 2.24) is 4.90 Å². The Morgan fingerprint density at radius 3 is 2.17 bits per heavy atom. The highest BCUT2D eigenvalue weighted by Gasteiger charge is 2.22. The summed E-state index contributed by atoms with van der Waals surface area (Å²) < 4.78 is 5.65. The third kappa shape index (κ3) is 3.23. The summed E-state index contributed by atoms with van der Waals surface area (Å²) in [6.45, 7) is 7.07. The number of aliphatic imine (C=N–C) groups is 1. The summed E-state index contributed by atoms with van der Waals surface area (Å²) in [5.74, 6) is -0.399. The van der Waals surface area contributed by atoms with Crippen LogP contribution in [0.25, 0.3) is 11.1 Å². The number of nitrogens with zero attached hydrogens (tertiary/aromatic N) is 2. The Morgan fingerprint density at radius 2 is 1.67 bits per heavy atom. The zero-order chi connectivity index (χ0) is 16.9. The predicted octanol–water partition coefficient (Wildman–Crippen LogP) is 3.77. The van der Waals surface area contributed by atoms with E-state index in [9.17, 15) is 4.79 Å². The van der Waals surface area contributed by atoms with Crippen LogP contribution in [0.5, 0.6) is 0 Å². The first kappa shape index (κ1) is 16.0. The standard InChI is InChI=1S/C20H20N2O2/c1-3-19(23)21-20(24-4-2)22-13-15-9-5-7-11-17(15)18-12-8-6-10-16(18)14-22/h3,5-12H,1,4,13-14H2,2H3/b21-20-. The van der Waals surface area contributed by atoms with E-state index in [4.69, 9.17) is 4.74 Å². The molecule has 0 radical (unpaired) electrons. The van der Waals surface area contributed by atoms with E-state index in [1.807, 2.05) is 36.1 Å². The summed E-state index contributed by atoms with van der Waals surface area (Å²) in [5.41, 5.74) is 4.78. The van der Waals surface area contributed by atoms with Crippen molar-refractivity contribution in [3.8, 4) is 11.1 Å². The van der Waals surface area contributed by atoms with Crippen molar-refractivity contribution in [3.05, 3.63) is 72.3 Å². The number of fused-ring (bicyclic) bond motifs is 3. The maximum absolute atomic E-state index is 11.7. The van der Waals surface area contributed by atoms with E-state index in [2.05, 4.69) is 35.8 Å². The first-order valence-electron chi connectivity index (χ1n) is 8.02. The zero-order valence-electron chi connectivity index (χ0n) is 13.7. The molecular weight excluding hydrogens is 300 g/mol. The fourth-order valence-electron chi connectivity index (χ4n) is 2.91. The lowest BCUT2D eigenvalue weighted by molar-refractivity contribution is -0.113. The number of hydrogen-bond donors (Lipinski definition) is 0. The smallest absolute Gasteiger partial charge is 0.296 e. The molecule has 0 bridgehead atoms. The molecule has 0 unspecified atom stereocenters. The predicted molar refractivity (Wildman–Crippen MR) is 95.4 cm³/mol. The van der Waals surface area contributed by atoms with Crippen LogP contribution in [0.2, 0.25) is 0 Å². The van der Waals surface area contributed by atoms with Gasteiger partial charge in [-0.2, -0.15) is 4.99 Å². The molecule has 24 heavy (non-hydrogen) atoms. The first-order chi connectivity index (χ1) is 11.7. The highest BCUT2D eigenvalue weighted by Crippen LogP contribution is 2.32. The van der Waals surface area contributed by atoms with Crippen LogP contribution in [0.4, 0.5) is 0 Å². The fourth-order valence-corrected chi connectivity index (χ4v) is 2.91. The molecule has 1 heterocycles. The van der Waals surface area contributed by atoms with Crippen molar-refractivity contribution >= 4 is 11.9 Å². The SMILES string of the molecule is C=CC(=O)/N=C(\OCC)N1Cc2ccccc2-c2ccccc2C1. The van der Waals surface area contributed by atoms with Gasteiger partial charge in [0.15, 0.2) is 0 Å². The van der Waals surface area contributed by atoms with Crippen molar-refractivity contribution in [2.75, 3.05) is 6.61 Å². The third-order valence-electron chi connectivity index (χ3n) is 3.97. The van der Waals surface area contributed by atoms with Crippen molar-refractivity contribution in [3.63, 3.8) is 0 Å². The molecule has 0 saturated heterocycles. The quantitative estimate of drug-likeness (QED) is 0.480. The Labute approximate surface area is 142 Å². The van der Waals surface area contributed by atoms with Gasteiger partial charge in [0.05, 0.1) is 6.61 Å². The lowest BCUT2D eigenvalue weighted by atomic mass is 9.97. The summed E-state index contributed by atoms with van der Waals surface area (Å²) in [4.78, 5) is 17.8. The van der Waals surface area contributed by atoms with Gasteiger partial charge in [0.1, 0.15) is 0 Å². The van der Waals surface area contributed by atoms with Gasteiger partial charge in [-0.25, -0.2) is 0 Å². The van der Waals surface area contributed by atoms with Crippen LogP contribution in [0, 0.1) is 0 Å². The van der Waals surface area contributed by atoms with Gasteiger partial charge >= 0.3 is 0 Å². The lowest BCUT2D eigenvalue weighted by Gasteiger charge is -2.24. The molecule has 0 atom stereocenters. The molecule has 0 fully saturated rings. The van der Waals surface area contributed by atoms with Crippen LogP contribution >= 0.6 is 0 Å². The summed E-state index contributed by atoms with van der Waals surface area (Å²) in [7, 11) is 0. The molecule has 1 aliphatic rings. The van der Waals surface area contributed by atoms with Gasteiger partial charge in [-0.1, -0.05) is 55.1 Å². The molecule has 2 aromatic carbocycles. The number of amidine groups is 1. The molecular formula is C20H20N2O2. The molecule has 2 aromatic rings. The average molecular weight is 320 g/mol. The van der Waals surface area contributed by atoms with Crippen LogP contribution in [-0.2, 0) is 22.6 Å². The van der Waals surface area contributed by atoms with E-state index < -0.39 is 5.91 Å². The van der Waals surface area contributed by atoms with Gasteiger partial charge in [-0.05, 0) is 35.3 Å². The summed E-state index contributed by atoms with van der Waals surface area (Å²) in [5, 5.41) is 0. The van der Waals surface area contributed by atoms with Crippen LogP contribution in [0.15, 0.2) is 66.2 Å². The molecule has 1 aliphatic heterocycles. The first-order valence-corrected chi connectivity index (χ1v) is 8.02. The molecule has 3 rings (SSSR count). The van der Waals surface area contributed by atoms with Crippen molar-refractivity contribution in [2.45, 2.75) is 20.0 Å². The molecule has 1 amide bonds. The maximum Gasteiger partial charge on any atom is 0.296 e. The maximum atomic E-state index is 11.7. The van der Waals surface area contributed by atoms with Gasteiger partial charge in [0.25, 0.3) is 11.9 Å². The van der Waals surface area contributed by atoms with E-state index >= 15 is 0 Å². The van der Waals surface area contributed by atoms with Gasteiger partial charge in [0, 0.05) is 13.1 Å². The zero-order valence-corrected chi connectivity index (χ0v) is 13.7. The van der Waals surface area contributed by atoms with Gasteiger partial charge in [-0.15, -0.1) is 0 Å². The number of ether oxygens (including phenoxy) is 1. The summed E-state index contributed by atoms with van der Waals surface area (Å²) in [6.07, 6.45) is 1.19. The highest BCUT2D eigenvalue weighted by atomic mass is 16.5. The minimum atomic E-state index is -0.399. The number of rotatable bonds is 2. The summed E-state index contributed by atoms with van der Waals surface area (Å²) in [6, 6.07) is 16.9. The van der Waals surface area contributed by atoms with Crippen molar-refractivity contribution < 1.29 is 9.53 Å². The van der Waals surface area contributed by atoms with E-state index in [1.165, 1.54) is 28.3 Å². The molecule has 0 saturated carbocycles. The van der Waals surface area contributed by atoms with Gasteiger partial charge in [-0.3, -0.25) is 4.79 Å². The minimum absolute atomic E-state index is 0.342. The number of benzene rings is 2. The number of carbonyl (C=O) groups is 1. The van der Waals surface area contributed by atoms with Crippen molar-refractivity contribution in [1.29, 1.82) is 0 Å². The van der Waals surface area contributed by atoms with Crippen molar-refractivity contribution in [2.24, 2.45) is 4.99 Å². The monoisotopic (exact) mass is 320 g/mol. The van der Waals surface area contributed by atoms with E-state index in [1.54, 1.807) is 0 Å². The normalized spacial score (nSPS) is 13.5. The lowest BCUT2D eigenvalue weighted by Crippen LogP contribution is -2.32. The second kappa shape index (κ2) is 7.13. The number of carbonyl (C=O) groups excluding carboxylic acids is 1. The molecule has 122 valence electrons. The Hall–Kier alpha value is -2.88. The molecule has 0 aromatic heterocycles. The van der Waals surface area contributed by atoms with Crippen LogP contribution in [-0.4, -0.2) is 23.4 Å². The second-order valence-electron chi connectivity index (χ2n) is 5.54. The van der Waals surface area contributed by atoms with E-state index in [-0.39, 0.29) is 0 Å². The van der Waals surface area contributed by atoms with E-state index in [0.717, 1.165) is 0 Å². The molecule has 0 N–H and O–H groups in total. The third-order valence-corrected chi connectivity index (χ3v) is 3.97. The molecule has 0 spiro atoms. The summed E-state index contributed by atoms with van der Waals surface area (Å²) >= 11 is 0.